The molecule has 0 aliphatic heterocycles. The van der Waals surface area contributed by atoms with Crippen molar-refractivity contribution in [3.8, 4) is 0 Å². The van der Waals surface area contributed by atoms with E-state index in [4.69, 9.17) is 11.6 Å². The Balaban J connectivity index is 2.01. The predicted molar refractivity (Wildman–Crippen MR) is 150 cm³/mol. The van der Waals surface area contributed by atoms with Crippen molar-refractivity contribution in [3.63, 3.8) is 0 Å². The highest BCUT2D eigenvalue weighted by molar-refractivity contribution is 9.10. The van der Waals surface area contributed by atoms with E-state index in [0.29, 0.717) is 5.02 Å². The fraction of sp³-hybridized carbons (Fsp3) is 0.259. The number of halogens is 2. The number of hydrogen-bond donors (Lipinski definition) is 1. The lowest BCUT2D eigenvalue weighted by atomic mass is 10.1. The van der Waals surface area contributed by atoms with Crippen LogP contribution in [0.1, 0.15) is 26.3 Å². The number of sulfonamides is 1. The average Bonchev–Trinajstić information content (AvgIpc) is 2.86. The summed E-state index contributed by atoms with van der Waals surface area (Å²) < 4.78 is 29.2. The Kier molecular flexibility index (Phi) is 9.75. The van der Waals surface area contributed by atoms with Crippen LogP contribution >= 0.6 is 27.5 Å². The summed E-state index contributed by atoms with van der Waals surface area (Å²) >= 11 is 9.47. The molecule has 0 aliphatic rings. The standard InChI is InChI=1S/C27H29BrClN3O4S/c1-19(2)30-27(34)20(3)31(17-21-8-7-9-22(28)16-21)26(33)18-32(24-14-12-23(29)13-15-24)37(35,36)25-10-5-4-6-11-25/h4-16,19-20H,17-18H2,1-3H3,(H,30,34)/t20-/m1/s1. The van der Waals surface area contributed by atoms with Crippen LogP contribution in [0.3, 0.4) is 0 Å². The van der Waals surface area contributed by atoms with Gasteiger partial charge in [0.25, 0.3) is 10.0 Å². The highest BCUT2D eigenvalue weighted by Crippen LogP contribution is 2.26. The van der Waals surface area contributed by atoms with E-state index in [1.807, 2.05) is 38.1 Å². The first-order valence-electron chi connectivity index (χ1n) is 11.7. The minimum absolute atomic E-state index is 0.0434. The van der Waals surface area contributed by atoms with Gasteiger partial charge in [-0.2, -0.15) is 0 Å². The molecule has 196 valence electrons. The van der Waals surface area contributed by atoms with Crippen LogP contribution in [-0.2, 0) is 26.2 Å². The van der Waals surface area contributed by atoms with Crippen molar-refractivity contribution in [2.24, 2.45) is 0 Å². The monoisotopic (exact) mass is 605 g/mol. The summed E-state index contributed by atoms with van der Waals surface area (Å²) in [6.07, 6.45) is 0. The third kappa shape index (κ3) is 7.56. The first kappa shape index (κ1) is 28.7. The van der Waals surface area contributed by atoms with Gasteiger partial charge in [0, 0.05) is 22.1 Å². The summed E-state index contributed by atoms with van der Waals surface area (Å²) in [5, 5.41) is 3.27. The van der Waals surface area contributed by atoms with E-state index < -0.39 is 28.5 Å². The van der Waals surface area contributed by atoms with Crippen molar-refractivity contribution in [3.05, 3.63) is 93.9 Å². The van der Waals surface area contributed by atoms with Gasteiger partial charge in [0.2, 0.25) is 11.8 Å². The molecule has 0 radical (unpaired) electrons. The second-order valence-electron chi connectivity index (χ2n) is 8.79. The van der Waals surface area contributed by atoms with E-state index in [9.17, 15) is 18.0 Å². The van der Waals surface area contributed by atoms with Gasteiger partial charge in [-0.3, -0.25) is 13.9 Å². The molecule has 0 heterocycles. The lowest BCUT2D eigenvalue weighted by molar-refractivity contribution is -0.139. The molecule has 0 aromatic heterocycles. The van der Waals surface area contributed by atoms with E-state index in [2.05, 4.69) is 21.2 Å². The number of rotatable bonds is 10. The number of carbonyl (C=O) groups is 2. The largest absolute Gasteiger partial charge is 0.352 e. The van der Waals surface area contributed by atoms with Crippen LogP contribution in [0.2, 0.25) is 5.02 Å². The van der Waals surface area contributed by atoms with Gasteiger partial charge in [0.15, 0.2) is 0 Å². The second kappa shape index (κ2) is 12.6. The van der Waals surface area contributed by atoms with Crippen LogP contribution in [0.15, 0.2) is 88.2 Å². The third-order valence-electron chi connectivity index (χ3n) is 5.56. The summed E-state index contributed by atoms with van der Waals surface area (Å²) in [7, 11) is -4.11. The van der Waals surface area contributed by atoms with Crippen LogP contribution in [0.5, 0.6) is 0 Å². The van der Waals surface area contributed by atoms with Crippen LogP contribution in [0.4, 0.5) is 5.69 Å². The maximum Gasteiger partial charge on any atom is 0.264 e. The summed E-state index contributed by atoms with van der Waals surface area (Å²) in [6.45, 7) is 4.91. The van der Waals surface area contributed by atoms with Gasteiger partial charge in [-0.15, -0.1) is 0 Å². The SMILES string of the molecule is CC(C)NC(=O)[C@@H](C)N(Cc1cccc(Br)c1)C(=O)CN(c1ccc(Cl)cc1)S(=O)(=O)c1ccccc1. The van der Waals surface area contributed by atoms with Crippen LogP contribution in [-0.4, -0.2) is 43.8 Å². The zero-order valence-electron chi connectivity index (χ0n) is 20.8. The Morgan fingerprint density at radius 2 is 1.59 bits per heavy atom. The molecule has 0 aliphatic carbocycles. The maximum atomic E-state index is 13.8. The number of nitrogens with zero attached hydrogens (tertiary/aromatic N) is 2. The number of nitrogens with one attached hydrogen (secondary N) is 1. The van der Waals surface area contributed by atoms with Crippen molar-refractivity contribution in [1.29, 1.82) is 0 Å². The molecule has 0 bridgehead atoms. The molecule has 3 aromatic carbocycles. The molecule has 10 heteroatoms. The Morgan fingerprint density at radius 3 is 2.19 bits per heavy atom. The molecule has 3 rings (SSSR count). The average molecular weight is 607 g/mol. The number of carbonyl (C=O) groups excluding carboxylic acids is 2. The molecule has 1 N–H and O–H groups in total. The fourth-order valence-corrected chi connectivity index (χ4v) is 5.68. The molecule has 0 unspecified atom stereocenters. The summed E-state index contributed by atoms with van der Waals surface area (Å²) in [6, 6.07) is 20.5. The summed E-state index contributed by atoms with van der Waals surface area (Å²) in [4.78, 5) is 28.1. The molecule has 0 fully saturated rings. The van der Waals surface area contributed by atoms with Gasteiger partial charge in [-0.05, 0) is 74.9 Å². The van der Waals surface area contributed by atoms with Crippen LogP contribution in [0.25, 0.3) is 0 Å². The normalized spacial score (nSPS) is 12.2. The molecular formula is C27H29BrClN3O4S. The zero-order chi connectivity index (χ0) is 27.2. The number of amides is 2. The topological polar surface area (TPSA) is 86.8 Å². The molecule has 1 atom stereocenters. The van der Waals surface area contributed by atoms with Crippen LogP contribution in [0, 0.1) is 0 Å². The summed E-state index contributed by atoms with van der Waals surface area (Å²) in [5.41, 5.74) is 1.07. The number of hydrogen-bond acceptors (Lipinski definition) is 4. The predicted octanol–water partition coefficient (Wildman–Crippen LogP) is 5.24. The molecule has 0 spiro atoms. The van der Waals surface area contributed by atoms with Crippen molar-refractivity contribution < 1.29 is 18.0 Å². The Labute approximate surface area is 231 Å². The Morgan fingerprint density at radius 1 is 0.946 bits per heavy atom. The maximum absolute atomic E-state index is 13.8. The third-order valence-corrected chi connectivity index (χ3v) is 8.10. The zero-order valence-corrected chi connectivity index (χ0v) is 23.9. The second-order valence-corrected chi connectivity index (χ2v) is 12.0. The van der Waals surface area contributed by atoms with Crippen molar-refractivity contribution in [1.82, 2.24) is 10.2 Å². The van der Waals surface area contributed by atoms with Gasteiger partial charge >= 0.3 is 0 Å². The minimum Gasteiger partial charge on any atom is -0.352 e. The molecule has 7 nitrogen and oxygen atoms in total. The first-order chi connectivity index (χ1) is 17.5. The van der Waals surface area contributed by atoms with E-state index in [1.54, 1.807) is 49.4 Å². The Hall–Kier alpha value is -2.88. The fourth-order valence-electron chi connectivity index (χ4n) is 3.68. The van der Waals surface area contributed by atoms with E-state index in [-0.39, 0.29) is 29.1 Å². The smallest absolute Gasteiger partial charge is 0.264 e. The van der Waals surface area contributed by atoms with Crippen molar-refractivity contribution in [2.75, 3.05) is 10.8 Å². The molecule has 0 saturated carbocycles. The highest BCUT2D eigenvalue weighted by atomic mass is 79.9. The minimum atomic E-state index is -4.11. The first-order valence-corrected chi connectivity index (χ1v) is 14.3. The van der Waals surface area contributed by atoms with Crippen molar-refractivity contribution in [2.45, 2.75) is 44.3 Å². The molecule has 3 aromatic rings. The van der Waals surface area contributed by atoms with Crippen LogP contribution < -0.4 is 9.62 Å². The summed E-state index contributed by atoms with van der Waals surface area (Å²) in [5.74, 6) is -0.858. The lowest BCUT2D eigenvalue weighted by Gasteiger charge is -2.32. The van der Waals surface area contributed by atoms with Gasteiger partial charge < -0.3 is 10.2 Å². The van der Waals surface area contributed by atoms with Gasteiger partial charge in [-0.25, -0.2) is 8.42 Å². The Bertz CT molecular complexity index is 1340. The van der Waals surface area contributed by atoms with Gasteiger partial charge in [0.1, 0.15) is 12.6 Å². The lowest BCUT2D eigenvalue weighted by Crippen LogP contribution is -2.52. The van der Waals surface area contributed by atoms with E-state index in [1.165, 1.54) is 17.0 Å². The number of anilines is 1. The highest BCUT2D eigenvalue weighted by Gasteiger charge is 2.32. The van der Waals surface area contributed by atoms with E-state index >= 15 is 0 Å². The number of benzene rings is 3. The van der Waals surface area contributed by atoms with Gasteiger partial charge in [0.05, 0.1) is 10.6 Å². The molecule has 2 amide bonds. The van der Waals surface area contributed by atoms with E-state index in [0.717, 1.165) is 14.3 Å². The van der Waals surface area contributed by atoms with Crippen molar-refractivity contribution >= 4 is 55.1 Å². The quantitative estimate of drug-likeness (QED) is 0.342. The molecule has 37 heavy (non-hydrogen) atoms. The van der Waals surface area contributed by atoms with Gasteiger partial charge in [-0.1, -0.05) is 57.9 Å². The molecule has 0 saturated heterocycles. The molecular weight excluding hydrogens is 578 g/mol.